The summed E-state index contributed by atoms with van der Waals surface area (Å²) in [6.45, 7) is 1.31. The first-order chi connectivity index (χ1) is 12.5. The molecule has 1 heterocycles. The number of nitrogens with zero attached hydrogens (tertiary/aromatic N) is 1. The second-order valence-electron chi connectivity index (χ2n) is 6.21. The van der Waals surface area contributed by atoms with E-state index in [0.717, 1.165) is 18.5 Å². The van der Waals surface area contributed by atoms with Crippen LogP contribution in [-0.2, 0) is 22.7 Å². The molecule has 2 N–H and O–H groups in total. The van der Waals surface area contributed by atoms with Crippen molar-refractivity contribution in [2.45, 2.75) is 26.0 Å². The molecule has 134 valence electrons. The summed E-state index contributed by atoms with van der Waals surface area (Å²) in [6, 6.07) is 13.7. The number of hydrogen-bond donors (Lipinski definition) is 1. The van der Waals surface area contributed by atoms with Crippen molar-refractivity contribution in [1.82, 2.24) is 4.90 Å². The number of nitrogens with two attached hydrogens (primary N) is 1. The lowest BCUT2D eigenvalue weighted by Gasteiger charge is -2.15. The van der Waals surface area contributed by atoms with Gasteiger partial charge in [0.2, 0.25) is 11.8 Å². The van der Waals surface area contributed by atoms with Crippen molar-refractivity contribution >= 4 is 17.8 Å². The molecule has 1 aliphatic rings. The van der Waals surface area contributed by atoms with Crippen LogP contribution >= 0.6 is 0 Å². The molecule has 0 spiro atoms. The lowest BCUT2D eigenvalue weighted by atomic mass is 10.1. The number of benzene rings is 2. The van der Waals surface area contributed by atoms with Crippen molar-refractivity contribution in [2.24, 2.45) is 5.73 Å². The number of rotatable bonds is 6. The van der Waals surface area contributed by atoms with Crippen LogP contribution in [0.25, 0.3) is 0 Å². The standard InChI is InChI=1S/C20H20N2O4/c21-19(24)17-5-2-1-4-16(17)13-26-20(25)15-9-7-14(8-10-15)12-22-11-3-6-18(22)23/h1-2,4-5,7-10H,3,6,11-13H2,(H2,21,24). The summed E-state index contributed by atoms with van der Waals surface area (Å²) in [4.78, 5) is 37.1. The van der Waals surface area contributed by atoms with Crippen molar-refractivity contribution < 1.29 is 19.1 Å². The van der Waals surface area contributed by atoms with E-state index in [1.54, 1.807) is 36.4 Å². The third-order valence-corrected chi connectivity index (χ3v) is 4.38. The van der Waals surface area contributed by atoms with Gasteiger partial charge in [-0.15, -0.1) is 0 Å². The zero-order valence-electron chi connectivity index (χ0n) is 14.3. The number of carbonyl (C=O) groups is 3. The summed E-state index contributed by atoms with van der Waals surface area (Å²) in [7, 11) is 0. The fourth-order valence-corrected chi connectivity index (χ4v) is 2.95. The minimum absolute atomic E-state index is 0.0258. The van der Waals surface area contributed by atoms with Gasteiger partial charge in [-0.2, -0.15) is 0 Å². The Morgan fingerprint density at radius 2 is 1.81 bits per heavy atom. The van der Waals surface area contributed by atoms with Crippen molar-refractivity contribution in [3.05, 3.63) is 70.8 Å². The van der Waals surface area contributed by atoms with Crippen molar-refractivity contribution in [2.75, 3.05) is 6.54 Å². The third-order valence-electron chi connectivity index (χ3n) is 4.38. The Labute approximate surface area is 151 Å². The number of primary amides is 1. The van der Waals surface area contributed by atoms with E-state index in [2.05, 4.69) is 0 Å². The molecule has 0 atom stereocenters. The summed E-state index contributed by atoms with van der Waals surface area (Å²) in [5.74, 6) is -0.868. The zero-order chi connectivity index (χ0) is 18.5. The SMILES string of the molecule is NC(=O)c1ccccc1COC(=O)c1ccc(CN2CCCC2=O)cc1. The van der Waals surface area contributed by atoms with Gasteiger partial charge < -0.3 is 15.4 Å². The summed E-state index contributed by atoms with van der Waals surface area (Å²) < 4.78 is 5.28. The van der Waals surface area contributed by atoms with Crippen molar-refractivity contribution in [3.63, 3.8) is 0 Å². The Hall–Kier alpha value is -3.15. The second-order valence-corrected chi connectivity index (χ2v) is 6.21. The Morgan fingerprint density at radius 3 is 2.46 bits per heavy atom. The summed E-state index contributed by atoms with van der Waals surface area (Å²) in [6.07, 6.45) is 1.51. The van der Waals surface area contributed by atoms with Gasteiger partial charge in [0, 0.05) is 30.6 Å². The maximum atomic E-state index is 12.2. The van der Waals surface area contributed by atoms with E-state index < -0.39 is 11.9 Å². The maximum absolute atomic E-state index is 12.2. The molecule has 6 nitrogen and oxygen atoms in total. The summed E-state index contributed by atoms with van der Waals surface area (Å²) in [5, 5.41) is 0. The lowest BCUT2D eigenvalue weighted by Crippen LogP contribution is -2.23. The number of amides is 2. The molecule has 1 fully saturated rings. The molecule has 2 aromatic carbocycles. The molecule has 2 aromatic rings. The van der Waals surface area contributed by atoms with Gasteiger partial charge in [0.05, 0.1) is 5.56 Å². The van der Waals surface area contributed by atoms with Gasteiger partial charge in [-0.1, -0.05) is 30.3 Å². The number of esters is 1. The van der Waals surface area contributed by atoms with Crippen LogP contribution in [-0.4, -0.2) is 29.2 Å². The first kappa shape index (κ1) is 17.7. The van der Waals surface area contributed by atoms with Gasteiger partial charge >= 0.3 is 5.97 Å². The highest BCUT2D eigenvalue weighted by atomic mass is 16.5. The van der Waals surface area contributed by atoms with Crippen molar-refractivity contribution in [3.8, 4) is 0 Å². The van der Waals surface area contributed by atoms with Crippen LogP contribution in [0.2, 0.25) is 0 Å². The van der Waals surface area contributed by atoms with Crippen LogP contribution in [0.5, 0.6) is 0 Å². The molecule has 0 unspecified atom stereocenters. The fourth-order valence-electron chi connectivity index (χ4n) is 2.95. The molecule has 0 saturated carbocycles. The van der Waals surface area contributed by atoms with Gasteiger partial charge in [-0.25, -0.2) is 4.79 Å². The zero-order valence-corrected chi connectivity index (χ0v) is 14.3. The third kappa shape index (κ3) is 4.08. The molecule has 3 rings (SSSR count). The molecule has 1 saturated heterocycles. The van der Waals surface area contributed by atoms with E-state index in [-0.39, 0.29) is 12.5 Å². The first-order valence-electron chi connectivity index (χ1n) is 8.46. The van der Waals surface area contributed by atoms with E-state index >= 15 is 0 Å². The van der Waals surface area contributed by atoms with E-state index in [1.807, 2.05) is 17.0 Å². The monoisotopic (exact) mass is 352 g/mol. The highest BCUT2D eigenvalue weighted by Crippen LogP contribution is 2.16. The van der Waals surface area contributed by atoms with E-state index in [0.29, 0.717) is 29.7 Å². The predicted molar refractivity (Wildman–Crippen MR) is 95.2 cm³/mol. The highest BCUT2D eigenvalue weighted by Gasteiger charge is 2.20. The molecule has 1 aliphatic heterocycles. The molecule has 2 amide bonds. The van der Waals surface area contributed by atoms with Gasteiger partial charge in [0.1, 0.15) is 6.61 Å². The molecule has 0 aromatic heterocycles. The summed E-state index contributed by atoms with van der Waals surface area (Å²) >= 11 is 0. The largest absolute Gasteiger partial charge is 0.457 e. The van der Waals surface area contributed by atoms with Crippen LogP contribution in [0.4, 0.5) is 0 Å². The molecule has 0 bridgehead atoms. The first-order valence-corrected chi connectivity index (χ1v) is 8.46. The average Bonchev–Trinajstić information content (AvgIpc) is 3.05. The van der Waals surface area contributed by atoms with Crippen molar-refractivity contribution in [1.29, 1.82) is 0 Å². The number of carbonyl (C=O) groups excluding carboxylic acids is 3. The normalized spacial score (nSPS) is 13.7. The van der Waals surface area contributed by atoms with Crippen LogP contribution in [0.1, 0.15) is 44.7 Å². The van der Waals surface area contributed by atoms with Gasteiger partial charge in [0.15, 0.2) is 0 Å². The van der Waals surface area contributed by atoms with Crippen LogP contribution in [0.15, 0.2) is 48.5 Å². The second kappa shape index (κ2) is 7.82. The quantitative estimate of drug-likeness (QED) is 0.808. The number of ether oxygens (including phenoxy) is 1. The average molecular weight is 352 g/mol. The lowest BCUT2D eigenvalue weighted by molar-refractivity contribution is -0.128. The van der Waals surface area contributed by atoms with Gasteiger partial charge in [0.25, 0.3) is 0 Å². The van der Waals surface area contributed by atoms with Gasteiger partial charge in [-0.3, -0.25) is 9.59 Å². The Morgan fingerprint density at radius 1 is 1.08 bits per heavy atom. The molecule has 0 radical (unpaired) electrons. The Balaban J connectivity index is 1.60. The maximum Gasteiger partial charge on any atom is 0.338 e. The van der Waals surface area contributed by atoms with Crippen LogP contribution in [0, 0.1) is 0 Å². The predicted octanol–water partition coefficient (Wildman–Crippen LogP) is 2.26. The smallest absolute Gasteiger partial charge is 0.338 e. The van der Waals surface area contributed by atoms with Crippen LogP contribution in [0.3, 0.4) is 0 Å². The molecule has 6 heteroatoms. The molecule has 0 aliphatic carbocycles. The summed E-state index contributed by atoms with van der Waals surface area (Å²) in [5.41, 5.74) is 7.61. The van der Waals surface area contributed by atoms with E-state index in [9.17, 15) is 14.4 Å². The number of hydrogen-bond acceptors (Lipinski definition) is 4. The molecule has 26 heavy (non-hydrogen) atoms. The van der Waals surface area contributed by atoms with E-state index in [4.69, 9.17) is 10.5 Å². The highest BCUT2D eigenvalue weighted by molar-refractivity contribution is 5.94. The van der Waals surface area contributed by atoms with Crippen LogP contribution < -0.4 is 5.73 Å². The topological polar surface area (TPSA) is 89.7 Å². The minimum atomic E-state index is -0.558. The number of likely N-dealkylation sites (tertiary alicyclic amines) is 1. The molecular formula is C20H20N2O4. The van der Waals surface area contributed by atoms with E-state index in [1.165, 1.54) is 0 Å². The fraction of sp³-hybridized carbons (Fsp3) is 0.250. The Kier molecular flexibility index (Phi) is 5.31. The minimum Gasteiger partial charge on any atom is -0.457 e. The van der Waals surface area contributed by atoms with Gasteiger partial charge in [-0.05, 0) is 30.2 Å². The molecular weight excluding hydrogens is 332 g/mol. The Bertz CT molecular complexity index is 830.